The zero-order chi connectivity index (χ0) is 13.0. The Bertz CT molecular complexity index is 510. The molecule has 0 saturated carbocycles. The minimum atomic E-state index is 0.357. The minimum Gasteiger partial charge on any atom is -0.497 e. The highest BCUT2D eigenvalue weighted by Gasteiger charge is 2.09. The van der Waals surface area contributed by atoms with Crippen LogP contribution >= 0.6 is 23.4 Å². The van der Waals surface area contributed by atoms with Gasteiger partial charge < -0.3 is 4.74 Å². The Morgan fingerprint density at radius 3 is 2.33 bits per heavy atom. The van der Waals surface area contributed by atoms with Crippen molar-refractivity contribution in [3.63, 3.8) is 0 Å². The number of benzene rings is 2. The van der Waals surface area contributed by atoms with Crippen LogP contribution < -0.4 is 4.74 Å². The quantitative estimate of drug-likeness (QED) is 0.711. The molecule has 1 nitrogen and oxygen atoms in total. The molecule has 2 aromatic rings. The van der Waals surface area contributed by atoms with Crippen molar-refractivity contribution >= 4 is 23.4 Å². The summed E-state index contributed by atoms with van der Waals surface area (Å²) >= 11 is 7.93. The summed E-state index contributed by atoms with van der Waals surface area (Å²) in [5, 5.41) is 1.17. The molecule has 0 aliphatic heterocycles. The Morgan fingerprint density at radius 1 is 1.06 bits per heavy atom. The van der Waals surface area contributed by atoms with Gasteiger partial charge in [-0.3, -0.25) is 0 Å². The lowest BCUT2D eigenvalue weighted by molar-refractivity contribution is 0.414. The van der Waals surface area contributed by atoms with E-state index >= 15 is 0 Å². The van der Waals surface area contributed by atoms with Crippen LogP contribution in [0.5, 0.6) is 5.75 Å². The van der Waals surface area contributed by atoms with Gasteiger partial charge in [0, 0.05) is 10.1 Å². The Morgan fingerprint density at radius 2 is 1.72 bits per heavy atom. The van der Waals surface area contributed by atoms with Gasteiger partial charge in [-0.05, 0) is 36.8 Å². The lowest BCUT2D eigenvalue weighted by Gasteiger charge is -2.13. The molecule has 2 aromatic carbocycles. The molecule has 0 aliphatic carbocycles. The maximum absolute atomic E-state index is 6.16. The summed E-state index contributed by atoms with van der Waals surface area (Å²) in [4.78, 5) is 1.11. The maximum atomic E-state index is 6.16. The molecule has 0 aliphatic rings. The number of methoxy groups -OCH3 is 1. The molecule has 0 N–H and O–H groups in total. The van der Waals surface area contributed by atoms with E-state index in [1.807, 2.05) is 36.4 Å². The second-order valence-corrected chi connectivity index (χ2v) is 5.75. The summed E-state index contributed by atoms with van der Waals surface area (Å²) in [6.07, 6.45) is 0. The van der Waals surface area contributed by atoms with Crippen LogP contribution in [0.4, 0.5) is 0 Å². The van der Waals surface area contributed by atoms with Crippen molar-refractivity contribution in [2.24, 2.45) is 0 Å². The van der Waals surface area contributed by atoms with Crippen molar-refractivity contribution in [3.8, 4) is 5.75 Å². The van der Waals surface area contributed by atoms with Crippen LogP contribution in [0.25, 0.3) is 0 Å². The molecule has 0 bridgehead atoms. The molecule has 3 heteroatoms. The number of rotatable bonds is 4. The summed E-state index contributed by atoms with van der Waals surface area (Å²) in [6.45, 7) is 2.18. The third-order valence-corrected chi connectivity index (χ3v) is 4.40. The van der Waals surface area contributed by atoms with Crippen LogP contribution in [0, 0.1) is 0 Å². The first-order chi connectivity index (χ1) is 8.70. The molecule has 0 radical (unpaired) electrons. The van der Waals surface area contributed by atoms with Crippen molar-refractivity contribution in [3.05, 3.63) is 59.1 Å². The summed E-state index contributed by atoms with van der Waals surface area (Å²) < 4.78 is 5.16. The fourth-order valence-electron chi connectivity index (χ4n) is 1.67. The van der Waals surface area contributed by atoms with Gasteiger partial charge in [0.25, 0.3) is 0 Å². The van der Waals surface area contributed by atoms with E-state index in [2.05, 4.69) is 19.1 Å². The van der Waals surface area contributed by atoms with Gasteiger partial charge in [0.15, 0.2) is 0 Å². The van der Waals surface area contributed by atoms with E-state index in [4.69, 9.17) is 16.3 Å². The molecule has 1 unspecified atom stereocenters. The van der Waals surface area contributed by atoms with Crippen molar-refractivity contribution in [2.75, 3.05) is 7.11 Å². The predicted octanol–water partition coefficient (Wildman–Crippen LogP) is 5.20. The zero-order valence-corrected chi connectivity index (χ0v) is 12.0. The molecular formula is C15H15ClOS. The van der Waals surface area contributed by atoms with Crippen molar-refractivity contribution in [1.82, 2.24) is 0 Å². The maximum Gasteiger partial charge on any atom is 0.118 e. The molecule has 0 saturated heterocycles. The monoisotopic (exact) mass is 278 g/mol. The predicted molar refractivity (Wildman–Crippen MR) is 78.7 cm³/mol. The summed E-state index contributed by atoms with van der Waals surface area (Å²) in [7, 11) is 1.68. The average molecular weight is 279 g/mol. The highest BCUT2D eigenvalue weighted by Crippen LogP contribution is 2.38. The second-order valence-electron chi connectivity index (χ2n) is 3.96. The van der Waals surface area contributed by atoms with E-state index in [0.29, 0.717) is 5.25 Å². The van der Waals surface area contributed by atoms with E-state index in [-0.39, 0.29) is 0 Å². The smallest absolute Gasteiger partial charge is 0.118 e. The Kier molecular flexibility index (Phi) is 4.56. The van der Waals surface area contributed by atoms with Crippen LogP contribution in [0.15, 0.2) is 53.4 Å². The number of halogens is 1. The van der Waals surface area contributed by atoms with Gasteiger partial charge in [-0.2, -0.15) is 0 Å². The lowest BCUT2D eigenvalue weighted by atomic mass is 10.2. The highest BCUT2D eigenvalue weighted by atomic mass is 35.5. The third-order valence-electron chi connectivity index (χ3n) is 2.73. The van der Waals surface area contributed by atoms with Gasteiger partial charge in [-0.15, -0.1) is 11.8 Å². The first kappa shape index (κ1) is 13.3. The first-order valence-corrected chi connectivity index (χ1v) is 7.01. The van der Waals surface area contributed by atoms with Gasteiger partial charge in [0.2, 0.25) is 0 Å². The van der Waals surface area contributed by atoms with Gasteiger partial charge in [0.05, 0.1) is 12.1 Å². The van der Waals surface area contributed by atoms with E-state index in [1.165, 1.54) is 5.56 Å². The fourth-order valence-corrected chi connectivity index (χ4v) is 2.95. The SMILES string of the molecule is COc1ccc(C(C)Sc2ccccc2Cl)cc1. The van der Waals surface area contributed by atoms with Crippen molar-refractivity contribution in [2.45, 2.75) is 17.1 Å². The molecule has 0 heterocycles. The summed E-state index contributed by atoms with van der Waals surface area (Å²) in [5.74, 6) is 0.883. The summed E-state index contributed by atoms with van der Waals surface area (Å²) in [5.41, 5.74) is 1.26. The minimum absolute atomic E-state index is 0.357. The standard InChI is InChI=1S/C15H15ClOS/c1-11(12-7-9-13(17-2)10-8-12)18-15-6-4-3-5-14(15)16/h3-11H,1-2H3. The molecule has 18 heavy (non-hydrogen) atoms. The Labute approximate surface area is 117 Å². The highest BCUT2D eigenvalue weighted by molar-refractivity contribution is 7.99. The van der Waals surface area contributed by atoms with Gasteiger partial charge in [-0.1, -0.05) is 35.9 Å². The van der Waals surface area contributed by atoms with Crippen LogP contribution in [-0.4, -0.2) is 7.11 Å². The van der Waals surface area contributed by atoms with Crippen LogP contribution in [0.1, 0.15) is 17.7 Å². The van der Waals surface area contributed by atoms with Crippen molar-refractivity contribution in [1.29, 1.82) is 0 Å². The van der Waals surface area contributed by atoms with Crippen LogP contribution in [0.3, 0.4) is 0 Å². The second kappa shape index (κ2) is 6.17. The molecule has 0 fully saturated rings. The molecule has 1 atom stereocenters. The molecule has 0 aromatic heterocycles. The number of thioether (sulfide) groups is 1. The van der Waals surface area contributed by atoms with Crippen LogP contribution in [0.2, 0.25) is 5.02 Å². The van der Waals surface area contributed by atoms with E-state index in [0.717, 1.165) is 15.7 Å². The number of hydrogen-bond acceptors (Lipinski definition) is 2. The van der Waals surface area contributed by atoms with Gasteiger partial charge in [-0.25, -0.2) is 0 Å². The first-order valence-electron chi connectivity index (χ1n) is 5.76. The number of ether oxygens (including phenoxy) is 1. The van der Waals surface area contributed by atoms with E-state index in [9.17, 15) is 0 Å². The van der Waals surface area contributed by atoms with Gasteiger partial charge in [0.1, 0.15) is 5.75 Å². The molecule has 0 spiro atoms. The Balaban J connectivity index is 2.11. The third kappa shape index (κ3) is 3.21. The zero-order valence-electron chi connectivity index (χ0n) is 10.4. The normalized spacial score (nSPS) is 12.2. The number of hydrogen-bond donors (Lipinski definition) is 0. The van der Waals surface area contributed by atoms with Crippen molar-refractivity contribution < 1.29 is 4.74 Å². The largest absolute Gasteiger partial charge is 0.497 e. The molecule has 2 rings (SSSR count). The lowest BCUT2D eigenvalue weighted by Crippen LogP contribution is -1.89. The topological polar surface area (TPSA) is 9.23 Å². The fraction of sp³-hybridized carbons (Fsp3) is 0.200. The molecule has 0 amide bonds. The molecule has 94 valence electrons. The van der Waals surface area contributed by atoms with E-state index in [1.54, 1.807) is 18.9 Å². The van der Waals surface area contributed by atoms with Crippen LogP contribution in [-0.2, 0) is 0 Å². The Hall–Kier alpha value is -1.12. The van der Waals surface area contributed by atoms with E-state index < -0.39 is 0 Å². The summed E-state index contributed by atoms with van der Waals surface area (Å²) in [6, 6.07) is 16.1. The molecular weight excluding hydrogens is 264 g/mol. The van der Waals surface area contributed by atoms with Gasteiger partial charge >= 0.3 is 0 Å². The average Bonchev–Trinajstić information content (AvgIpc) is 2.41.